The molecule has 0 bridgehead atoms. The van der Waals surface area contributed by atoms with E-state index in [0.29, 0.717) is 0 Å². The molecule has 15 heavy (non-hydrogen) atoms. The van der Waals surface area contributed by atoms with Crippen molar-refractivity contribution in [1.29, 1.82) is 0 Å². The molecule has 0 nitrogen and oxygen atoms in total. The van der Waals surface area contributed by atoms with Gasteiger partial charge in [-0.15, -0.1) is 0 Å². The molecule has 2 heteroatoms. The van der Waals surface area contributed by atoms with Gasteiger partial charge in [0.2, 0.25) is 0 Å². The lowest BCUT2D eigenvalue weighted by molar-refractivity contribution is 1.06. The van der Waals surface area contributed by atoms with Crippen molar-refractivity contribution >= 4 is 21.6 Å². The van der Waals surface area contributed by atoms with Gasteiger partial charge in [-0.2, -0.15) is 0 Å². The standard InChI is InChI=1S/C13H24S2/c1-5-13(4)9-7-11-15-14-10-6-8-12(2)3/h8-9H,5-7,10-11H2,1-4H3/b13-9-. The van der Waals surface area contributed by atoms with E-state index in [-0.39, 0.29) is 0 Å². The average Bonchev–Trinajstić information content (AvgIpc) is 2.21. The van der Waals surface area contributed by atoms with Crippen LogP contribution in [-0.2, 0) is 0 Å². The second kappa shape index (κ2) is 10.7. The monoisotopic (exact) mass is 244 g/mol. The Kier molecular flexibility index (Phi) is 10.8. The number of hydrogen-bond acceptors (Lipinski definition) is 2. The summed E-state index contributed by atoms with van der Waals surface area (Å²) < 4.78 is 0. The van der Waals surface area contributed by atoms with Crippen molar-refractivity contribution in [2.75, 3.05) is 11.5 Å². The maximum absolute atomic E-state index is 2.36. The van der Waals surface area contributed by atoms with Gasteiger partial charge in [0.25, 0.3) is 0 Å². The normalized spacial score (nSPS) is 11.6. The topological polar surface area (TPSA) is 0 Å². The summed E-state index contributed by atoms with van der Waals surface area (Å²) in [5.41, 5.74) is 2.95. The predicted octanol–water partition coefficient (Wildman–Crippen LogP) is 5.47. The molecule has 0 amide bonds. The zero-order valence-corrected chi connectivity index (χ0v) is 12.1. The van der Waals surface area contributed by atoms with Crippen LogP contribution in [0.3, 0.4) is 0 Å². The summed E-state index contributed by atoms with van der Waals surface area (Å²) in [7, 11) is 4.00. The molecule has 0 aromatic carbocycles. The van der Waals surface area contributed by atoms with E-state index in [1.54, 1.807) is 0 Å². The number of rotatable bonds is 8. The molecule has 0 aromatic heterocycles. The summed E-state index contributed by atoms with van der Waals surface area (Å²) in [5.74, 6) is 2.49. The molecule has 0 N–H and O–H groups in total. The molecule has 0 atom stereocenters. The van der Waals surface area contributed by atoms with E-state index in [2.05, 4.69) is 39.8 Å². The van der Waals surface area contributed by atoms with Crippen LogP contribution < -0.4 is 0 Å². The molecule has 0 fully saturated rings. The first-order chi connectivity index (χ1) is 7.16. The van der Waals surface area contributed by atoms with E-state index in [1.165, 1.54) is 41.9 Å². The number of hydrogen-bond donors (Lipinski definition) is 0. The Morgan fingerprint density at radius 2 is 1.47 bits per heavy atom. The van der Waals surface area contributed by atoms with E-state index in [1.807, 2.05) is 21.6 Å². The minimum Gasteiger partial charge on any atom is -0.0938 e. The fraction of sp³-hybridized carbons (Fsp3) is 0.692. The van der Waals surface area contributed by atoms with Crippen molar-refractivity contribution in [2.24, 2.45) is 0 Å². The summed E-state index contributed by atoms with van der Waals surface area (Å²) in [5, 5.41) is 0. The molecule has 0 radical (unpaired) electrons. The van der Waals surface area contributed by atoms with Crippen LogP contribution in [0, 0.1) is 0 Å². The molecule has 0 spiro atoms. The van der Waals surface area contributed by atoms with Crippen LogP contribution in [0.2, 0.25) is 0 Å². The minimum atomic E-state index is 1.19. The van der Waals surface area contributed by atoms with E-state index in [0.717, 1.165) is 0 Å². The maximum Gasteiger partial charge on any atom is 0.00716 e. The first kappa shape index (κ1) is 15.2. The molecule has 0 aromatic rings. The van der Waals surface area contributed by atoms with Gasteiger partial charge < -0.3 is 0 Å². The second-order valence-corrected chi connectivity index (χ2v) is 6.61. The van der Waals surface area contributed by atoms with Gasteiger partial charge in [-0.25, -0.2) is 0 Å². The smallest absolute Gasteiger partial charge is 0.00716 e. The summed E-state index contributed by atoms with van der Waals surface area (Å²) in [6, 6.07) is 0. The lowest BCUT2D eigenvalue weighted by Crippen LogP contribution is -1.78. The van der Waals surface area contributed by atoms with Crippen LogP contribution in [0.5, 0.6) is 0 Å². The van der Waals surface area contributed by atoms with Gasteiger partial charge >= 0.3 is 0 Å². The van der Waals surface area contributed by atoms with Gasteiger partial charge in [0.1, 0.15) is 0 Å². The SMILES string of the molecule is CC/C(C)=C\CCSSCCC=C(C)C. The summed E-state index contributed by atoms with van der Waals surface area (Å²) in [6.07, 6.45) is 8.31. The third-order valence-electron chi connectivity index (χ3n) is 2.09. The Hall–Kier alpha value is 0.180. The average molecular weight is 244 g/mol. The molecule has 88 valence electrons. The van der Waals surface area contributed by atoms with Gasteiger partial charge in [-0.1, -0.05) is 51.8 Å². The Balaban J connectivity index is 3.22. The van der Waals surface area contributed by atoms with Crippen LogP contribution in [-0.4, -0.2) is 11.5 Å². The Morgan fingerprint density at radius 3 is 1.93 bits per heavy atom. The van der Waals surface area contributed by atoms with Gasteiger partial charge in [-0.3, -0.25) is 0 Å². The largest absolute Gasteiger partial charge is 0.0938 e. The fourth-order valence-electron chi connectivity index (χ4n) is 1.01. The summed E-state index contributed by atoms with van der Waals surface area (Å²) >= 11 is 0. The van der Waals surface area contributed by atoms with E-state index < -0.39 is 0 Å². The van der Waals surface area contributed by atoms with Crippen LogP contribution >= 0.6 is 21.6 Å². The van der Waals surface area contributed by atoms with Crippen LogP contribution in [0.25, 0.3) is 0 Å². The highest BCUT2D eigenvalue weighted by Gasteiger charge is 1.89. The fourth-order valence-corrected chi connectivity index (χ4v) is 2.96. The van der Waals surface area contributed by atoms with Crippen molar-refractivity contribution < 1.29 is 0 Å². The van der Waals surface area contributed by atoms with Crippen LogP contribution in [0.1, 0.15) is 47.0 Å². The van der Waals surface area contributed by atoms with Crippen molar-refractivity contribution in [3.05, 3.63) is 23.3 Å². The quantitative estimate of drug-likeness (QED) is 0.315. The van der Waals surface area contributed by atoms with Crippen molar-refractivity contribution in [2.45, 2.75) is 47.0 Å². The molecule has 0 unspecified atom stereocenters. The minimum absolute atomic E-state index is 1.19. The van der Waals surface area contributed by atoms with Crippen molar-refractivity contribution in [1.82, 2.24) is 0 Å². The van der Waals surface area contributed by atoms with Gasteiger partial charge in [0, 0.05) is 11.5 Å². The van der Waals surface area contributed by atoms with Crippen molar-refractivity contribution in [3.8, 4) is 0 Å². The van der Waals surface area contributed by atoms with Gasteiger partial charge in [0.05, 0.1) is 0 Å². The lowest BCUT2D eigenvalue weighted by atomic mass is 10.2. The van der Waals surface area contributed by atoms with E-state index >= 15 is 0 Å². The maximum atomic E-state index is 2.36. The molecule has 0 rings (SSSR count). The highest BCUT2D eigenvalue weighted by molar-refractivity contribution is 8.76. The number of allylic oxidation sites excluding steroid dienone is 4. The molecule has 0 saturated carbocycles. The van der Waals surface area contributed by atoms with Crippen LogP contribution in [0.15, 0.2) is 23.3 Å². The molecule has 0 aliphatic rings. The predicted molar refractivity (Wildman–Crippen MR) is 77.6 cm³/mol. The third kappa shape index (κ3) is 12.1. The van der Waals surface area contributed by atoms with Gasteiger partial charge in [-0.05, 0) is 40.0 Å². The zero-order chi connectivity index (χ0) is 11.5. The molecular weight excluding hydrogens is 220 g/mol. The zero-order valence-electron chi connectivity index (χ0n) is 10.5. The summed E-state index contributed by atoms with van der Waals surface area (Å²) in [4.78, 5) is 0. The first-order valence-corrected chi connectivity index (χ1v) is 8.19. The highest BCUT2D eigenvalue weighted by Crippen LogP contribution is 2.23. The van der Waals surface area contributed by atoms with Gasteiger partial charge in [0.15, 0.2) is 0 Å². The molecule has 0 heterocycles. The Morgan fingerprint density at radius 1 is 0.933 bits per heavy atom. The highest BCUT2D eigenvalue weighted by atomic mass is 33.1. The second-order valence-electron chi connectivity index (χ2n) is 3.91. The Labute approximate surface area is 103 Å². The summed E-state index contributed by atoms with van der Waals surface area (Å²) in [6.45, 7) is 8.76. The van der Waals surface area contributed by atoms with E-state index in [4.69, 9.17) is 0 Å². The van der Waals surface area contributed by atoms with Crippen LogP contribution in [0.4, 0.5) is 0 Å². The van der Waals surface area contributed by atoms with Crippen molar-refractivity contribution in [3.63, 3.8) is 0 Å². The molecule has 0 saturated heterocycles. The first-order valence-electron chi connectivity index (χ1n) is 5.70. The molecular formula is C13H24S2. The van der Waals surface area contributed by atoms with E-state index in [9.17, 15) is 0 Å². The molecule has 0 aliphatic carbocycles. The molecule has 0 aliphatic heterocycles. The Bertz CT molecular complexity index is 201. The lowest BCUT2D eigenvalue weighted by Gasteiger charge is -1.98. The third-order valence-corrected chi connectivity index (χ3v) is 4.56.